The molecule has 0 aliphatic carbocycles. The molecule has 4 aliphatic heterocycles. The second-order valence-electron chi connectivity index (χ2n) is 6.79. The minimum Gasteiger partial charge on any atom is -0.425 e. The summed E-state index contributed by atoms with van der Waals surface area (Å²) in [6, 6.07) is 2.31. The SMILES string of the molecule is O=C1Oc2c(cc3c4c2CCCN4CCC3)CC1C1=NCCS1. The third-order valence-corrected chi connectivity index (χ3v) is 6.46. The molecule has 1 aromatic carbocycles. The molecule has 0 spiro atoms. The molecule has 0 N–H and O–H groups in total. The molecule has 1 unspecified atom stereocenters. The van der Waals surface area contributed by atoms with Crippen molar-refractivity contribution in [3.05, 3.63) is 22.8 Å². The van der Waals surface area contributed by atoms with Crippen molar-refractivity contribution in [2.45, 2.75) is 32.1 Å². The lowest BCUT2D eigenvalue weighted by Crippen LogP contribution is -2.37. The number of esters is 1. The molecule has 5 rings (SSSR count). The number of thioether (sulfide) groups is 1. The first-order chi connectivity index (χ1) is 11.3. The predicted octanol–water partition coefficient (Wildman–Crippen LogP) is 2.61. The summed E-state index contributed by atoms with van der Waals surface area (Å²) in [6.45, 7) is 3.12. The van der Waals surface area contributed by atoms with Gasteiger partial charge in [-0.15, -0.1) is 11.8 Å². The molecule has 0 saturated carbocycles. The van der Waals surface area contributed by atoms with Crippen LogP contribution in [0.25, 0.3) is 0 Å². The topological polar surface area (TPSA) is 41.9 Å². The van der Waals surface area contributed by atoms with Gasteiger partial charge in [-0.1, -0.05) is 0 Å². The number of aliphatic imine (C=N–C) groups is 1. The van der Waals surface area contributed by atoms with Gasteiger partial charge in [0, 0.05) is 36.6 Å². The Morgan fingerprint density at radius 1 is 1.22 bits per heavy atom. The van der Waals surface area contributed by atoms with E-state index in [0.717, 1.165) is 61.9 Å². The Bertz CT molecular complexity index is 726. The van der Waals surface area contributed by atoms with Gasteiger partial charge in [-0.05, 0) is 49.3 Å². The van der Waals surface area contributed by atoms with Crippen molar-refractivity contribution >= 4 is 28.5 Å². The van der Waals surface area contributed by atoms with Gasteiger partial charge >= 0.3 is 5.97 Å². The zero-order valence-corrected chi connectivity index (χ0v) is 14.0. The van der Waals surface area contributed by atoms with Crippen LogP contribution in [0, 0.1) is 5.92 Å². The van der Waals surface area contributed by atoms with Gasteiger partial charge in [0.1, 0.15) is 11.7 Å². The average molecular weight is 328 g/mol. The van der Waals surface area contributed by atoms with Crippen LogP contribution in [0.1, 0.15) is 29.5 Å². The molecule has 1 aromatic rings. The van der Waals surface area contributed by atoms with E-state index < -0.39 is 0 Å². The van der Waals surface area contributed by atoms with Gasteiger partial charge in [0.25, 0.3) is 0 Å². The smallest absolute Gasteiger partial charge is 0.321 e. The molecule has 1 atom stereocenters. The fourth-order valence-electron chi connectivity index (χ4n) is 4.40. The standard InChI is InChI=1S/C18H20N2O2S/c21-18-14(17-19-5-8-23-17)10-12-9-11-3-1-6-20-7-2-4-13(15(11)20)16(12)22-18/h9,14H,1-8,10H2. The molecule has 0 saturated heterocycles. The number of fused-ring (bicyclic) bond motifs is 2. The average Bonchev–Trinajstić information content (AvgIpc) is 3.10. The van der Waals surface area contributed by atoms with E-state index >= 15 is 0 Å². The molecule has 4 heterocycles. The van der Waals surface area contributed by atoms with Crippen LogP contribution in [0.3, 0.4) is 0 Å². The Balaban J connectivity index is 1.60. The van der Waals surface area contributed by atoms with E-state index in [9.17, 15) is 4.79 Å². The van der Waals surface area contributed by atoms with E-state index in [2.05, 4.69) is 16.0 Å². The summed E-state index contributed by atoms with van der Waals surface area (Å²) in [4.78, 5) is 19.6. The number of rotatable bonds is 1. The van der Waals surface area contributed by atoms with Crippen molar-refractivity contribution in [1.82, 2.24) is 0 Å². The number of hydrogen-bond donors (Lipinski definition) is 0. The van der Waals surface area contributed by atoms with Crippen LogP contribution in [0.2, 0.25) is 0 Å². The first-order valence-corrected chi connectivity index (χ1v) is 9.61. The Kier molecular flexibility index (Phi) is 3.18. The number of aryl methyl sites for hydroxylation is 1. The largest absolute Gasteiger partial charge is 0.425 e. The minimum absolute atomic E-state index is 0.102. The highest BCUT2D eigenvalue weighted by atomic mass is 32.2. The first kappa shape index (κ1) is 13.9. The molecule has 4 nitrogen and oxygen atoms in total. The summed E-state index contributed by atoms with van der Waals surface area (Å²) < 4.78 is 5.87. The van der Waals surface area contributed by atoms with Gasteiger partial charge in [-0.3, -0.25) is 9.79 Å². The van der Waals surface area contributed by atoms with Crippen LogP contribution >= 0.6 is 11.8 Å². The maximum atomic E-state index is 12.5. The van der Waals surface area contributed by atoms with Crippen LogP contribution in [0.5, 0.6) is 5.75 Å². The van der Waals surface area contributed by atoms with Gasteiger partial charge < -0.3 is 9.64 Å². The maximum absolute atomic E-state index is 12.5. The number of carbonyl (C=O) groups is 1. The molecule has 0 aromatic heterocycles. The minimum atomic E-state index is -0.177. The van der Waals surface area contributed by atoms with Crippen LogP contribution in [0.15, 0.2) is 11.1 Å². The number of ether oxygens (including phenoxy) is 1. The Hall–Kier alpha value is -1.49. The summed E-state index contributed by atoms with van der Waals surface area (Å²) in [7, 11) is 0. The summed E-state index contributed by atoms with van der Waals surface area (Å²) in [5.41, 5.74) is 5.35. The lowest BCUT2D eigenvalue weighted by atomic mass is 9.85. The number of benzene rings is 1. The van der Waals surface area contributed by atoms with Crippen molar-refractivity contribution in [3.63, 3.8) is 0 Å². The zero-order chi connectivity index (χ0) is 15.4. The second-order valence-corrected chi connectivity index (χ2v) is 7.91. The van der Waals surface area contributed by atoms with Crippen LogP contribution in [-0.2, 0) is 24.1 Å². The predicted molar refractivity (Wildman–Crippen MR) is 92.9 cm³/mol. The van der Waals surface area contributed by atoms with E-state index in [0.29, 0.717) is 0 Å². The molecular weight excluding hydrogens is 308 g/mol. The second kappa shape index (κ2) is 5.26. The lowest BCUT2D eigenvalue weighted by Gasteiger charge is -2.39. The van der Waals surface area contributed by atoms with E-state index in [1.165, 1.54) is 28.8 Å². The van der Waals surface area contributed by atoms with Gasteiger partial charge in [0.2, 0.25) is 0 Å². The third kappa shape index (κ3) is 2.12. The van der Waals surface area contributed by atoms with Gasteiger partial charge in [0.15, 0.2) is 0 Å². The van der Waals surface area contributed by atoms with Gasteiger partial charge in [0.05, 0.1) is 5.04 Å². The molecular formula is C18H20N2O2S. The summed E-state index contributed by atoms with van der Waals surface area (Å²) in [5, 5.41) is 0.980. The molecule has 4 aliphatic rings. The zero-order valence-electron chi connectivity index (χ0n) is 13.1. The normalized spacial score (nSPS) is 25.6. The molecule has 0 fully saturated rings. The van der Waals surface area contributed by atoms with E-state index in [1.807, 2.05) is 0 Å². The third-order valence-electron chi connectivity index (χ3n) is 5.37. The quantitative estimate of drug-likeness (QED) is 0.587. The molecule has 0 radical (unpaired) electrons. The fourth-order valence-corrected chi connectivity index (χ4v) is 5.36. The summed E-state index contributed by atoms with van der Waals surface area (Å²) >= 11 is 1.72. The van der Waals surface area contributed by atoms with Gasteiger partial charge in [-0.2, -0.15) is 0 Å². The highest BCUT2D eigenvalue weighted by Gasteiger charge is 2.37. The Morgan fingerprint density at radius 3 is 2.91 bits per heavy atom. The van der Waals surface area contributed by atoms with Gasteiger partial charge in [-0.25, -0.2) is 0 Å². The Labute approximate surface area is 140 Å². The monoisotopic (exact) mass is 328 g/mol. The van der Waals surface area contributed by atoms with Crippen LogP contribution < -0.4 is 9.64 Å². The van der Waals surface area contributed by atoms with Crippen molar-refractivity contribution in [3.8, 4) is 5.75 Å². The molecule has 0 bridgehead atoms. The number of nitrogens with zero attached hydrogens (tertiary/aromatic N) is 2. The molecule has 23 heavy (non-hydrogen) atoms. The molecule has 0 amide bonds. The number of hydrogen-bond acceptors (Lipinski definition) is 5. The van der Waals surface area contributed by atoms with E-state index in [1.54, 1.807) is 11.8 Å². The molecule has 120 valence electrons. The highest BCUT2D eigenvalue weighted by Crippen LogP contribution is 2.45. The highest BCUT2D eigenvalue weighted by molar-refractivity contribution is 8.14. The fraction of sp³-hybridized carbons (Fsp3) is 0.556. The summed E-state index contributed by atoms with van der Waals surface area (Å²) in [5.74, 6) is 1.59. The summed E-state index contributed by atoms with van der Waals surface area (Å²) in [6.07, 6.45) is 5.35. The number of carbonyl (C=O) groups excluding carboxylic acids is 1. The Morgan fingerprint density at radius 2 is 2.09 bits per heavy atom. The maximum Gasteiger partial charge on any atom is 0.321 e. The van der Waals surface area contributed by atoms with E-state index in [4.69, 9.17) is 4.74 Å². The first-order valence-electron chi connectivity index (χ1n) is 8.62. The number of anilines is 1. The van der Waals surface area contributed by atoms with Crippen molar-refractivity contribution in [1.29, 1.82) is 0 Å². The van der Waals surface area contributed by atoms with E-state index in [-0.39, 0.29) is 11.9 Å². The molecule has 5 heteroatoms. The van der Waals surface area contributed by atoms with Crippen LogP contribution in [0.4, 0.5) is 5.69 Å². The van der Waals surface area contributed by atoms with Crippen molar-refractivity contribution < 1.29 is 9.53 Å². The lowest BCUT2D eigenvalue weighted by molar-refractivity contribution is -0.137. The van der Waals surface area contributed by atoms with Crippen molar-refractivity contribution in [2.24, 2.45) is 10.9 Å². The van der Waals surface area contributed by atoms with Crippen molar-refractivity contribution in [2.75, 3.05) is 30.3 Å². The van der Waals surface area contributed by atoms with Crippen LogP contribution in [-0.4, -0.2) is 36.4 Å².